The zero-order chi connectivity index (χ0) is 13.8. The molecule has 1 aromatic heterocycles. The minimum Gasteiger partial charge on any atom is -0.494 e. The molecule has 100 valence electrons. The Balaban J connectivity index is 2.32. The van der Waals surface area contributed by atoms with Gasteiger partial charge in [-0.3, -0.25) is 0 Å². The van der Waals surface area contributed by atoms with Crippen molar-refractivity contribution in [3.05, 3.63) is 30.0 Å². The second kappa shape index (κ2) is 5.43. The molecule has 2 aromatic rings. The lowest BCUT2D eigenvalue weighted by atomic mass is 10.1. The summed E-state index contributed by atoms with van der Waals surface area (Å²) in [6.45, 7) is 2.65. The van der Waals surface area contributed by atoms with Crippen molar-refractivity contribution in [3.8, 4) is 16.9 Å². The van der Waals surface area contributed by atoms with Crippen molar-refractivity contribution in [2.45, 2.75) is 13.3 Å². The van der Waals surface area contributed by atoms with E-state index in [1.807, 2.05) is 6.92 Å². The van der Waals surface area contributed by atoms with E-state index in [1.165, 1.54) is 0 Å². The lowest BCUT2D eigenvalue weighted by Crippen LogP contribution is -2.00. The summed E-state index contributed by atoms with van der Waals surface area (Å²) in [5.41, 5.74) is 6.32. The minimum atomic E-state index is -1.18. The van der Waals surface area contributed by atoms with Crippen molar-refractivity contribution in [1.82, 2.24) is 5.16 Å². The molecule has 0 spiro atoms. The maximum absolute atomic E-state index is 11.0. The van der Waals surface area contributed by atoms with Crippen molar-refractivity contribution < 1.29 is 19.2 Å². The van der Waals surface area contributed by atoms with Crippen molar-refractivity contribution in [3.63, 3.8) is 0 Å². The third-order valence-electron chi connectivity index (χ3n) is 2.54. The molecule has 6 nitrogen and oxygen atoms in total. The normalized spacial score (nSPS) is 10.4. The van der Waals surface area contributed by atoms with Gasteiger partial charge in [-0.25, -0.2) is 4.79 Å². The van der Waals surface area contributed by atoms with Crippen LogP contribution in [0.2, 0.25) is 0 Å². The van der Waals surface area contributed by atoms with Gasteiger partial charge in [0, 0.05) is 0 Å². The number of carboxylic acids is 1. The number of hydrogen-bond donors (Lipinski definition) is 2. The van der Waals surface area contributed by atoms with Crippen LogP contribution in [0.4, 0.5) is 5.88 Å². The molecule has 0 aliphatic heterocycles. The number of anilines is 1. The Bertz CT molecular complexity index is 575. The number of nitrogens with two attached hydrogens (primary N) is 1. The number of hydrogen-bond acceptors (Lipinski definition) is 5. The summed E-state index contributed by atoms with van der Waals surface area (Å²) in [5.74, 6) is -0.473. The molecule has 0 atom stereocenters. The van der Waals surface area contributed by atoms with E-state index in [0.29, 0.717) is 12.2 Å². The van der Waals surface area contributed by atoms with Gasteiger partial charge in [0.2, 0.25) is 11.6 Å². The number of nitrogen functional groups attached to an aromatic ring is 1. The average Bonchev–Trinajstić information content (AvgIpc) is 2.79. The molecule has 6 heteroatoms. The summed E-state index contributed by atoms with van der Waals surface area (Å²) >= 11 is 0. The standard InChI is InChI=1S/C13H14N2O4/c1-2-7-18-9-5-3-8(4-6-9)10-11(13(16)17)15-19-12(10)14/h3-6H,2,7,14H2,1H3,(H,16,17). The first-order chi connectivity index (χ1) is 9.13. The highest BCUT2D eigenvalue weighted by Gasteiger charge is 2.21. The molecular formula is C13H14N2O4. The van der Waals surface area contributed by atoms with Crippen LogP contribution in [0.5, 0.6) is 5.75 Å². The highest BCUT2D eigenvalue weighted by atomic mass is 16.5. The van der Waals surface area contributed by atoms with Gasteiger partial charge in [-0.15, -0.1) is 0 Å². The van der Waals surface area contributed by atoms with Gasteiger partial charge in [0.25, 0.3) is 0 Å². The predicted molar refractivity (Wildman–Crippen MR) is 69.1 cm³/mol. The molecule has 1 heterocycles. The fraction of sp³-hybridized carbons (Fsp3) is 0.231. The van der Waals surface area contributed by atoms with E-state index < -0.39 is 5.97 Å². The molecule has 0 saturated heterocycles. The van der Waals surface area contributed by atoms with Crippen LogP contribution >= 0.6 is 0 Å². The Kier molecular flexibility index (Phi) is 3.70. The Labute approximate surface area is 109 Å². The zero-order valence-electron chi connectivity index (χ0n) is 10.4. The number of carbonyl (C=O) groups is 1. The molecule has 0 amide bonds. The molecule has 0 fully saturated rings. The second-order valence-electron chi connectivity index (χ2n) is 3.95. The van der Waals surface area contributed by atoms with Crippen molar-refractivity contribution >= 4 is 11.9 Å². The highest BCUT2D eigenvalue weighted by Crippen LogP contribution is 2.30. The Morgan fingerprint density at radius 2 is 2.11 bits per heavy atom. The van der Waals surface area contributed by atoms with Gasteiger partial charge in [-0.05, 0) is 24.1 Å². The number of ether oxygens (including phenoxy) is 1. The number of benzene rings is 1. The van der Waals surface area contributed by atoms with Crippen LogP contribution in [0.1, 0.15) is 23.8 Å². The fourth-order valence-corrected chi connectivity index (χ4v) is 1.67. The summed E-state index contributed by atoms with van der Waals surface area (Å²) in [6.07, 6.45) is 0.920. The van der Waals surface area contributed by atoms with E-state index in [2.05, 4.69) is 5.16 Å². The van der Waals surface area contributed by atoms with Crippen molar-refractivity contribution in [1.29, 1.82) is 0 Å². The van der Waals surface area contributed by atoms with Crippen molar-refractivity contribution in [2.24, 2.45) is 0 Å². The van der Waals surface area contributed by atoms with Crippen LogP contribution in [-0.2, 0) is 0 Å². The monoisotopic (exact) mass is 262 g/mol. The van der Waals surface area contributed by atoms with E-state index >= 15 is 0 Å². The third-order valence-corrected chi connectivity index (χ3v) is 2.54. The first-order valence-electron chi connectivity index (χ1n) is 5.85. The first kappa shape index (κ1) is 12.9. The molecule has 0 radical (unpaired) electrons. The average molecular weight is 262 g/mol. The number of carboxylic acid groups (broad SMARTS) is 1. The molecule has 1 aromatic carbocycles. The maximum atomic E-state index is 11.0. The molecule has 0 unspecified atom stereocenters. The van der Waals surface area contributed by atoms with Gasteiger partial charge in [0.05, 0.1) is 12.2 Å². The van der Waals surface area contributed by atoms with Crippen LogP contribution in [0, 0.1) is 0 Å². The smallest absolute Gasteiger partial charge is 0.358 e. The number of rotatable bonds is 5. The lowest BCUT2D eigenvalue weighted by molar-refractivity contribution is 0.0686. The van der Waals surface area contributed by atoms with E-state index in [-0.39, 0.29) is 17.1 Å². The molecule has 0 bridgehead atoms. The minimum absolute atomic E-state index is 0.0142. The molecule has 0 aliphatic carbocycles. The van der Waals surface area contributed by atoms with Crippen molar-refractivity contribution in [2.75, 3.05) is 12.3 Å². The van der Waals surface area contributed by atoms with Gasteiger partial charge in [0.1, 0.15) is 5.75 Å². The molecule has 0 aliphatic rings. The molecule has 2 rings (SSSR count). The van der Waals surface area contributed by atoms with Gasteiger partial charge in [0.15, 0.2) is 0 Å². The van der Waals surface area contributed by atoms with E-state index in [0.717, 1.165) is 12.2 Å². The van der Waals surface area contributed by atoms with Gasteiger partial charge >= 0.3 is 5.97 Å². The SMILES string of the molecule is CCCOc1ccc(-c2c(C(=O)O)noc2N)cc1. The highest BCUT2D eigenvalue weighted by molar-refractivity contribution is 5.96. The number of aromatic nitrogens is 1. The zero-order valence-corrected chi connectivity index (χ0v) is 10.4. The Morgan fingerprint density at radius 1 is 1.42 bits per heavy atom. The summed E-state index contributed by atoms with van der Waals surface area (Å²) in [7, 11) is 0. The topological polar surface area (TPSA) is 98.6 Å². The van der Waals surface area contributed by atoms with Crippen LogP contribution in [0.25, 0.3) is 11.1 Å². The molecule has 0 saturated carbocycles. The quantitative estimate of drug-likeness (QED) is 0.858. The van der Waals surface area contributed by atoms with E-state index in [1.54, 1.807) is 24.3 Å². The lowest BCUT2D eigenvalue weighted by Gasteiger charge is -2.05. The first-order valence-corrected chi connectivity index (χ1v) is 5.85. The number of aromatic carboxylic acids is 1. The molecule has 19 heavy (non-hydrogen) atoms. The Morgan fingerprint density at radius 3 is 2.68 bits per heavy atom. The number of nitrogens with zero attached hydrogens (tertiary/aromatic N) is 1. The summed E-state index contributed by atoms with van der Waals surface area (Å²) in [6, 6.07) is 6.95. The summed E-state index contributed by atoms with van der Waals surface area (Å²) in [4.78, 5) is 11.0. The summed E-state index contributed by atoms with van der Waals surface area (Å²) in [5, 5.41) is 12.4. The van der Waals surface area contributed by atoms with Gasteiger partial charge in [-0.1, -0.05) is 24.2 Å². The maximum Gasteiger partial charge on any atom is 0.358 e. The second-order valence-corrected chi connectivity index (χ2v) is 3.95. The van der Waals surface area contributed by atoms with Crippen LogP contribution < -0.4 is 10.5 Å². The van der Waals surface area contributed by atoms with E-state index in [4.69, 9.17) is 20.1 Å². The van der Waals surface area contributed by atoms with Crippen LogP contribution in [-0.4, -0.2) is 22.8 Å². The van der Waals surface area contributed by atoms with Crippen LogP contribution in [0.3, 0.4) is 0 Å². The van der Waals surface area contributed by atoms with Gasteiger partial charge in [-0.2, -0.15) is 0 Å². The largest absolute Gasteiger partial charge is 0.494 e. The molecule has 3 N–H and O–H groups in total. The van der Waals surface area contributed by atoms with E-state index in [9.17, 15) is 4.79 Å². The van der Waals surface area contributed by atoms with Crippen LogP contribution in [0.15, 0.2) is 28.8 Å². The predicted octanol–water partition coefficient (Wildman–Crippen LogP) is 2.41. The summed E-state index contributed by atoms with van der Waals surface area (Å²) < 4.78 is 10.2. The Hall–Kier alpha value is -2.50. The fourth-order valence-electron chi connectivity index (χ4n) is 1.67. The van der Waals surface area contributed by atoms with Gasteiger partial charge < -0.3 is 20.1 Å². The third kappa shape index (κ3) is 2.67. The molecular weight excluding hydrogens is 248 g/mol.